The van der Waals surface area contributed by atoms with E-state index in [1.165, 1.54) is 0 Å². The Hall–Kier alpha value is -4.79. The van der Waals surface area contributed by atoms with Gasteiger partial charge in [-0.05, 0) is 56.9 Å². The van der Waals surface area contributed by atoms with Gasteiger partial charge in [-0.25, -0.2) is 14.8 Å². The second kappa shape index (κ2) is 20.8. The van der Waals surface area contributed by atoms with E-state index < -0.39 is 71.5 Å². The van der Waals surface area contributed by atoms with Gasteiger partial charge >= 0.3 is 6.09 Å². The molecular weight excluding hydrogens is 704 g/mol. The van der Waals surface area contributed by atoms with Crippen molar-refractivity contribution in [3.63, 3.8) is 0 Å². The maximum atomic E-state index is 13.8. The normalized spacial score (nSPS) is 15.1. The molecule has 0 aliphatic carbocycles. The van der Waals surface area contributed by atoms with Crippen LogP contribution in [0.25, 0.3) is 0 Å². The number of rotatable bonds is 18. The van der Waals surface area contributed by atoms with Crippen LogP contribution in [0.4, 0.5) is 10.6 Å². The fourth-order valence-corrected chi connectivity index (χ4v) is 5.90. The van der Waals surface area contributed by atoms with Crippen molar-refractivity contribution < 1.29 is 33.8 Å². The third-order valence-electron chi connectivity index (χ3n) is 9.25. The Morgan fingerprint density at radius 1 is 0.891 bits per heavy atom. The van der Waals surface area contributed by atoms with Crippen molar-refractivity contribution in [3.05, 3.63) is 53.5 Å². The largest absolute Gasteiger partial charge is 0.444 e. The van der Waals surface area contributed by atoms with Crippen molar-refractivity contribution in [1.82, 2.24) is 36.6 Å². The highest BCUT2D eigenvalue weighted by Gasteiger charge is 2.38. The predicted molar refractivity (Wildman–Crippen MR) is 211 cm³/mol. The number of nitrogens with two attached hydrogens (primary N) is 1. The molecular formula is C40H64N8O7. The Bertz CT molecular complexity index is 1590. The van der Waals surface area contributed by atoms with Crippen LogP contribution < -0.4 is 32.3 Å². The van der Waals surface area contributed by atoms with Crippen molar-refractivity contribution in [2.75, 3.05) is 12.3 Å². The number of carbonyl (C=O) groups is 5. The zero-order valence-corrected chi connectivity index (χ0v) is 34.4. The number of aliphatic hydroxyl groups excluding tert-OH is 1. The number of nitrogen functional groups attached to an aromatic ring is 1. The third-order valence-corrected chi connectivity index (χ3v) is 9.25. The summed E-state index contributed by atoms with van der Waals surface area (Å²) in [5.74, 6) is -2.33. The van der Waals surface area contributed by atoms with Crippen LogP contribution in [-0.2, 0) is 36.9 Å². The van der Waals surface area contributed by atoms with Crippen molar-refractivity contribution in [1.29, 1.82) is 0 Å². The summed E-state index contributed by atoms with van der Waals surface area (Å²) in [6.45, 7) is 19.5. The van der Waals surface area contributed by atoms with Gasteiger partial charge in [-0.2, -0.15) is 0 Å². The van der Waals surface area contributed by atoms with Crippen LogP contribution in [-0.4, -0.2) is 81.2 Å². The van der Waals surface area contributed by atoms with Gasteiger partial charge in [-0.3, -0.25) is 19.2 Å². The van der Waals surface area contributed by atoms with Gasteiger partial charge in [0.15, 0.2) is 0 Å². The molecule has 0 radical (unpaired) electrons. The van der Waals surface area contributed by atoms with Gasteiger partial charge in [0.25, 0.3) is 0 Å². The molecule has 5 amide bonds. The molecule has 1 aromatic heterocycles. The molecule has 0 saturated heterocycles. The van der Waals surface area contributed by atoms with Gasteiger partial charge in [-0.1, -0.05) is 85.2 Å². The average Bonchev–Trinajstić information content (AvgIpc) is 3.08. The van der Waals surface area contributed by atoms with E-state index in [-0.39, 0.29) is 42.9 Å². The van der Waals surface area contributed by atoms with Crippen LogP contribution in [0.3, 0.4) is 0 Å². The van der Waals surface area contributed by atoms with Gasteiger partial charge in [0.2, 0.25) is 23.6 Å². The lowest BCUT2D eigenvalue weighted by molar-refractivity contribution is -0.134. The Kier molecular flexibility index (Phi) is 17.5. The molecule has 0 bridgehead atoms. The molecule has 0 aliphatic heterocycles. The summed E-state index contributed by atoms with van der Waals surface area (Å²) in [6, 6.07) is 6.41. The maximum absolute atomic E-state index is 13.8. The molecule has 55 heavy (non-hydrogen) atoms. The number of alkyl carbamates (subject to hydrolysis) is 1. The van der Waals surface area contributed by atoms with E-state index in [1.54, 1.807) is 33.9 Å². The Morgan fingerprint density at radius 2 is 1.53 bits per heavy atom. The van der Waals surface area contributed by atoms with E-state index in [2.05, 4.69) is 36.6 Å². The highest BCUT2D eigenvalue weighted by atomic mass is 16.6. The van der Waals surface area contributed by atoms with Crippen molar-refractivity contribution in [3.8, 4) is 0 Å². The van der Waals surface area contributed by atoms with E-state index in [0.717, 1.165) is 5.56 Å². The zero-order chi connectivity index (χ0) is 41.7. The lowest BCUT2D eigenvalue weighted by atomic mass is 9.78. The number of hydrogen-bond acceptors (Lipinski definition) is 10. The standard InChI is InChI=1S/C40H64N8O7/c1-12-24(4)32(37(53)43-21-27-20-42-25(5)45-34(27)41)48-35(51)28(23(2)3)19-30(49)33(39(6,7)8)47-31(50)22-44-36(52)29(18-26-16-14-13-15-17-26)46-38(54)55-40(9,10)11/h13-17,20,23-24,28-30,32-33,49H,12,18-19,21-22H2,1-11H3,(H,43,53)(H,44,52)(H,46,54)(H,47,50)(H,48,51)(H2,41,42,45)/t24-,28-,29-,30-,32-,33+/m0/s1. The van der Waals surface area contributed by atoms with Gasteiger partial charge in [0.1, 0.15) is 29.3 Å². The van der Waals surface area contributed by atoms with Gasteiger partial charge in [0, 0.05) is 30.6 Å². The molecule has 2 rings (SSSR count). The lowest BCUT2D eigenvalue weighted by Crippen LogP contribution is -2.56. The molecule has 306 valence electrons. The molecule has 0 fully saturated rings. The summed E-state index contributed by atoms with van der Waals surface area (Å²) >= 11 is 0. The van der Waals surface area contributed by atoms with E-state index in [4.69, 9.17) is 10.5 Å². The number of nitrogens with one attached hydrogen (secondary N) is 5. The second-order valence-electron chi connectivity index (χ2n) is 16.6. The van der Waals surface area contributed by atoms with Crippen molar-refractivity contribution >= 4 is 35.5 Å². The number of amides is 5. The van der Waals surface area contributed by atoms with Crippen molar-refractivity contribution in [2.24, 2.45) is 23.2 Å². The van der Waals surface area contributed by atoms with Crippen LogP contribution in [0.5, 0.6) is 0 Å². The number of aliphatic hydroxyl groups is 1. The van der Waals surface area contributed by atoms with Gasteiger partial charge < -0.3 is 42.2 Å². The van der Waals surface area contributed by atoms with Crippen LogP contribution in [0, 0.1) is 30.1 Å². The SMILES string of the molecule is CC[C@H](C)[C@H](NC(=O)[C@@H](C[C@H](O)[C@@H](NC(=O)CNC(=O)[C@H](Cc1ccccc1)NC(=O)OC(C)(C)C)C(C)(C)C)C(C)C)C(=O)NCc1cnc(C)nc1N. The maximum Gasteiger partial charge on any atom is 0.408 e. The third kappa shape index (κ3) is 15.8. The first kappa shape index (κ1) is 46.4. The van der Waals surface area contributed by atoms with Crippen LogP contribution in [0.1, 0.15) is 99.0 Å². The molecule has 8 N–H and O–H groups in total. The molecule has 15 nitrogen and oxygen atoms in total. The Morgan fingerprint density at radius 3 is 2.07 bits per heavy atom. The number of benzene rings is 1. The minimum atomic E-state index is -1.17. The lowest BCUT2D eigenvalue weighted by Gasteiger charge is -2.37. The highest BCUT2D eigenvalue weighted by molar-refractivity contribution is 5.90. The monoisotopic (exact) mass is 768 g/mol. The highest BCUT2D eigenvalue weighted by Crippen LogP contribution is 2.28. The summed E-state index contributed by atoms with van der Waals surface area (Å²) in [6.07, 6.45) is 0.371. The number of anilines is 1. The molecule has 0 aliphatic rings. The molecule has 0 unspecified atom stereocenters. The number of ether oxygens (including phenoxy) is 1. The summed E-state index contributed by atoms with van der Waals surface area (Å²) in [4.78, 5) is 74.7. The van der Waals surface area contributed by atoms with Gasteiger partial charge in [-0.15, -0.1) is 0 Å². The topological polar surface area (TPSA) is 227 Å². The molecule has 2 aromatic rings. The Labute approximate surface area is 326 Å². The predicted octanol–water partition coefficient (Wildman–Crippen LogP) is 3.32. The number of nitrogens with zero attached hydrogens (tertiary/aromatic N) is 2. The molecule has 1 heterocycles. The summed E-state index contributed by atoms with van der Waals surface area (Å²) in [5.41, 5.74) is 5.90. The first-order valence-electron chi connectivity index (χ1n) is 19.0. The second-order valence-corrected chi connectivity index (χ2v) is 16.6. The van der Waals surface area contributed by atoms with E-state index in [1.807, 2.05) is 78.8 Å². The molecule has 6 atom stereocenters. The fourth-order valence-electron chi connectivity index (χ4n) is 5.90. The zero-order valence-electron chi connectivity index (χ0n) is 34.4. The summed E-state index contributed by atoms with van der Waals surface area (Å²) < 4.78 is 5.35. The summed E-state index contributed by atoms with van der Waals surface area (Å²) in [5, 5.41) is 25.4. The average molecular weight is 769 g/mol. The fraction of sp³-hybridized carbons (Fsp3) is 0.625. The van der Waals surface area contributed by atoms with E-state index in [0.29, 0.717) is 17.8 Å². The number of aryl methyl sites for hydroxylation is 1. The van der Waals surface area contributed by atoms with Crippen molar-refractivity contribution in [2.45, 2.75) is 132 Å². The minimum Gasteiger partial charge on any atom is -0.444 e. The van der Waals surface area contributed by atoms with Crippen LogP contribution >= 0.6 is 0 Å². The molecule has 0 saturated carbocycles. The first-order chi connectivity index (χ1) is 25.5. The van der Waals surface area contributed by atoms with E-state index >= 15 is 0 Å². The number of carbonyl (C=O) groups excluding carboxylic acids is 5. The molecule has 1 aromatic carbocycles. The van der Waals surface area contributed by atoms with Gasteiger partial charge in [0.05, 0.1) is 18.7 Å². The van der Waals surface area contributed by atoms with Crippen LogP contribution in [0.15, 0.2) is 36.5 Å². The Balaban J connectivity index is 2.14. The summed E-state index contributed by atoms with van der Waals surface area (Å²) in [7, 11) is 0. The van der Waals surface area contributed by atoms with Crippen LogP contribution in [0.2, 0.25) is 0 Å². The minimum absolute atomic E-state index is 0.0108. The first-order valence-corrected chi connectivity index (χ1v) is 19.0. The smallest absolute Gasteiger partial charge is 0.408 e. The quantitative estimate of drug-likeness (QED) is 0.117. The number of hydrogen-bond donors (Lipinski definition) is 7. The number of aromatic nitrogens is 2. The van der Waals surface area contributed by atoms with E-state index in [9.17, 15) is 29.1 Å². The molecule has 0 spiro atoms. The molecule has 15 heteroatoms.